The zero-order valence-corrected chi connectivity index (χ0v) is 12.2. The van der Waals surface area contributed by atoms with Crippen LogP contribution < -0.4 is 8.61 Å². The van der Waals surface area contributed by atoms with E-state index >= 15 is 0 Å². The predicted octanol–water partition coefficient (Wildman–Crippen LogP) is 5.60. The number of hydrogen-bond acceptors (Lipinski definition) is 3. The van der Waals surface area contributed by atoms with E-state index < -0.39 is 36.1 Å². The average Bonchev–Trinajstić information content (AvgIpc) is 2.47. The molecule has 0 fully saturated rings. The molecule has 0 aliphatic rings. The molecule has 0 spiro atoms. The third kappa shape index (κ3) is 4.47. The molecule has 124 valence electrons. The normalized spacial score (nSPS) is 12.1. The van der Waals surface area contributed by atoms with Crippen LogP contribution in [0.2, 0.25) is 0 Å². The Kier molecular flexibility index (Phi) is 4.98. The smallest absolute Gasteiger partial charge is 0.207 e. The van der Waals surface area contributed by atoms with Crippen LogP contribution in [0, 0.1) is 0 Å². The number of para-hydroxylation sites is 2. The van der Waals surface area contributed by atoms with E-state index in [1.807, 2.05) is 0 Å². The van der Waals surface area contributed by atoms with Crippen molar-refractivity contribution in [3.8, 4) is 0 Å². The summed E-state index contributed by atoms with van der Waals surface area (Å²) in [6.45, 7) is 0. The fourth-order valence-electron chi connectivity index (χ4n) is 1.69. The first-order valence-electron chi connectivity index (χ1n) is 6.21. The highest BCUT2D eigenvalue weighted by molar-refractivity contribution is 8.02. The molecule has 0 saturated carbocycles. The monoisotopic (exact) mass is 352 g/mol. The fraction of sp³-hybridized carbons (Fsp3) is 0.143. The molecule has 23 heavy (non-hydrogen) atoms. The molecule has 0 saturated heterocycles. The molecule has 2 nitrogen and oxygen atoms in total. The van der Waals surface area contributed by atoms with Gasteiger partial charge in [-0.05, 0) is 24.3 Å². The lowest BCUT2D eigenvalue weighted by Crippen LogP contribution is -2.41. The van der Waals surface area contributed by atoms with Crippen LogP contribution in [0.25, 0.3) is 0 Å². The number of anilines is 2. The quantitative estimate of drug-likeness (QED) is 0.402. The van der Waals surface area contributed by atoms with Crippen molar-refractivity contribution in [1.29, 1.82) is 0 Å². The SMILES string of the molecule is FC(F)(F)N(SN(c1ccccc1)C(F)(F)F)c1ccccc1. The zero-order valence-electron chi connectivity index (χ0n) is 11.3. The first-order chi connectivity index (χ1) is 10.7. The second kappa shape index (κ2) is 6.61. The largest absolute Gasteiger partial charge is 0.496 e. The summed E-state index contributed by atoms with van der Waals surface area (Å²) in [5, 5.41) is 0. The first kappa shape index (κ1) is 17.3. The van der Waals surface area contributed by atoms with Crippen LogP contribution in [0.3, 0.4) is 0 Å². The second-order valence-electron chi connectivity index (χ2n) is 4.28. The lowest BCUT2D eigenvalue weighted by atomic mass is 10.3. The van der Waals surface area contributed by atoms with Crippen LogP contribution in [0.4, 0.5) is 37.7 Å². The van der Waals surface area contributed by atoms with Crippen LogP contribution >= 0.6 is 12.1 Å². The number of alkyl halides is 6. The van der Waals surface area contributed by atoms with Crippen molar-refractivity contribution in [3.63, 3.8) is 0 Å². The lowest BCUT2D eigenvalue weighted by Gasteiger charge is -2.32. The predicted molar refractivity (Wildman–Crippen MR) is 77.5 cm³/mol. The van der Waals surface area contributed by atoms with Gasteiger partial charge >= 0.3 is 12.6 Å². The van der Waals surface area contributed by atoms with E-state index in [2.05, 4.69) is 0 Å². The minimum atomic E-state index is -5.00. The van der Waals surface area contributed by atoms with Gasteiger partial charge in [-0.3, -0.25) is 0 Å². The molecule has 2 aromatic rings. The van der Waals surface area contributed by atoms with Gasteiger partial charge in [0.1, 0.15) is 0 Å². The minimum Gasteiger partial charge on any atom is -0.207 e. The molecule has 0 N–H and O–H groups in total. The maximum atomic E-state index is 13.2. The molecule has 0 aromatic heterocycles. The Bertz CT molecular complexity index is 559. The summed E-state index contributed by atoms with van der Waals surface area (Å²) in [5.41, 5.74) is -0.814. The van der Waals surface area contributed by atoms with Crippen molar-refractivity contribution in [2.75, 3.05) is 8.61 Å². The summed E-state index contributed by atoms with van der Waals surface area (Å²) in [7, 11) is 0. The molecule has 0 aliphatic heterocycles. The molecule has 9 heteroatoms. The van der Waals surface area contributed by atoms with E-state index in [0.717, 1.165) is 24.3 Å². The molecule has 0 bridgehead atoms. The van der Waals surface area contributed by atoms with Gasteiger partial charge in [-0.1, -0.05) is 36.4 Å². The Balaban J connectivity index is 2.39. The topological polar surface area (TPSA) is 6.48 Å². The highest BCUT2D eigenvalue weighted by Gasteiger charge is 2.46. The third-order valence-corrected chi connectivity index (χ3v) is 3.77. The van der Waals surface area contributed by atoms with Crippen molar-refractivity contribution in [1.82, 2.24) is 0 Å². The minimum absolute atomic E-state index is 0.340. The van der Waals surface area contributed by atoms with Gasteiger partial charge in [0.2, 0.25) is 0 Å². The van der Waals surface area contributed by atoms with Gasteiger partial charge in [-0.25, -0.2) is 8.61 Å². The third-order valence-electron chi connectivity index (χ3n) is 2.61. The molecule has 0 aliphatic carbocycles. The molecule has 0 atom stereocenters. The number of halogens is 6. The molecule has 0 amide bonds. The van der Waals surface area contributed by atoms with Crippen molar-refractivity contribution >= 4 is 23.5 Å². The number of hydrogen-bond donors (Lipinski definition) is 0. The Morgan fingerprint density at radius 1 is 0.565 bits per heavy atom. The molecule has 2 rings (SSSR count). The molecular weight excluding hydrogens is 342 g/mol. The standard InChI is InChI=1S/C14H10F6N2S/c15-13(16,17)21(11-7-3-1-4-8-11)23-22(14(18,19)20)12-9-5-2-6-10-12/h1-10H. The Morgan fingerprint density at radius 3 is 1.13 bits per heavy atom. The molecular formula is C14H10F6N2S. The van der Waals surface area contributed by atoms with Crippen LogP contribution in [0.1, 0.15) is 0 Å². The van der Waals surface area contributed by atoms with E-state index in [4.69, 9.17) is 0 Å². The van der Waals surface area contributed by atoms with Gasteiger partial charge in [0, 0.05) is 0 Å². The van der Waals surface area contributed by atoms with Crippen molar-refractivity contribution < 1.29 is 26.3 Å². The summed E-state index contributed by atoms with van der Waals surface area (Å²) in [6.07, 6.45) is -9.99. The average molecular weight is 352 g/mol. The van der Waals surface area contributed by atoms with Crippen LogP contribution in [0.5, 0.6) is 0 Å². The van der Waals surface area contributed by atoms with Crippen LogP contribution in [-0.2, 0) is 0 Å². The summed E-state index contributed by atoms with van der Waals surface area (Å²) >= 11 is -0.473. The summed E-state index contributed by atoms with van der Waals surface area (Å²) in [5.74, 6) is 0. The molecule has 0 heterocycles. The first-order valence-corrected chi connectivity index (χ1v) is 6.95. The molecule has 0 unspecified atom stereocenters. The van der Waals surface area contributed by atoms with E-state index in [-0.39, 0.29) is 8.61 Å². The van der Waals surface area contributed by atoms with E-state index in [0.29, 0.717) is 0 Å². The van der Waals surface area contributed by atoms with Gasteiger partial charge in [0.15, 0.2) is 0 Å². The molecule has 0 radical (unpaired) electrons. The number of benzene rings is 2. The van der Waals surface area contributed by atoms with Gasteiger partial charge < -0.3 is 0 Å². The van der Waals surface area contributed by atoms with Crippen molar-refractivity contribution in [3.05, 3.63) is 60.7 Å². The van der Waals surface area contributed by atoms with E-state index in [1.54, 1.807) is 0 Å². The van der Waals surface area contributed by atoms with Crippen molar-refractivity contribution in [2.45, 2.75) is 12.6 Å². The zero-order chi connectivity index (χ0) is 17.1. The summed E-state index contributed by atoms with van der Waals surface area (Å²) in [6, 6.07) is 12.5. The van der Waals surface area contributed by atoms with E-state index in [9.17, 15) is 26.3 Å². The summed E-state index contributed by atoms with van der Waals surface area (Å²) in [4.78, 5) is 0. The highest BCUT2D eigenvalue weighted by atomic mass is 32.2. The van der Waals surface area contributed by atoms with Gasteiger partial charge in [-0.15, -0.1) is 26.3 Å². The Hall–Kier alpha value is -2.03. The fourth-order valence-corrected chi connectivity index (χ4v) is 2.47. The van der Waals surface area contributed by atoms with Gasteiger partial charge in [0.05, 0.1) is 23.5 Å². The maximum Gasteiger partial charge on any atom is 0.496 e. The van der Waals surface area contributed by atoms with Crippen molar-refractivity contribution in [2.24, 2.45) is 0 Å². The highest BCUT2D eigenvalue weighted by Crippen LogP contribution is 2.42. The van der Waals surface area contributed by atoms with Gasteiger partial charge in [0.25, 0.3) is 0 Å². The number of nitrogens with zero attached hydrogens (tertiary/aromatic N) is 2. The Labute approximate surface area is 132 Å². The number of rotatable bonds is 4. The van der Waals surface area contributed by atoms with Crippen LogP contribution in [0.15, 0.2) is 60.7 Å². The lowest BCUT2D eigenvalue weighted by molar-refractivity contribution is -0.119. The Morgan fingerprint density at radius 2 is 0.870 bits per heavy atom. The molecule has 2 aromatic carbocycles. The van der Waals surface area contributed by atoms with Crippen LogP contribution in [-0.4, -0.2) is 12.6 Å². The van der Waals surface area contributed by atoms with Gasteiger partial charge in [-0.2, -0.15) is 0 Å². The van der Waals surface area contributed by atoms with E-state index in [1.165, 1.54) is 36.4 Å². The second-order valence-corrected chi connectivity index (χ2v) is 5.17. The maximum absolute atomic E-state index is 13.2. The summed E-state index contributed by atoms with van der Waals surface area (Å²) < 4.78 is 78.4.